The Morgan fingerprint density at radius 3 is 2.29 bits per heavy atom. The number of halogens is 3. The molecule has 9 nitrogen and oxygen atoms in total. The summed E-state index contributed by atoms with van der Waals surface area (Å²) in [7, 11) is 1.27. The van der Waals surface area contributed by atoms with E-state index in [1.807, 2.05) is 6.92 Å². The van der Waals surface area contributed by atoms with Crippen LogP contribution in [0.15, 0.2) is 24.3 Å². The van der Waals surface area contributed by atoms with E-state index in [4.69, 9.17) is 9.47 Å². The molecule has 3 rings (SSSR count). The molecule has 38 heavy (non-hydrogen) atoms. The molecule has 0 bridgehead atoms. The van der Waals surface area contributed by atoms with Crippen LogP contribution in [-0.2, 0) is 22.2 Å². The fourth-order valence-electron chi connectivity index (χ4n) is 4.60. The van der Waals surface area contributed by atoms with Gasteiger partial charge in [-0.15, -0.1) is 0 Å². The smallest absolute Gasteiger partial charge is 0.416 e. The van der Waals surface area contributed by atoms with Gasteiger partial charge in [0.25, 0.3) is 0 Å². The molecule has 0 atom stereocenters. The van der Waals surface area contributed by atoms with Gasteiger partial charge in [-0.2, -0.15) is 13.2 Å². The minimum absolute atomic E-state index is 0.171. The molecule has 2 aromatic rings. The van der Waals surface area contributed by atoms with Gasteiger partial charge in [0.1, 0.15) is 5.69 Å². The van der Waals surface area contributed by atoms with E-state index in [0.29, 0.717) is 56.2 Å². The molecule has 0 aliphatic carbocycles. The number of Topliss-reactive ketones (excluding diaryl/α,β-unsaturated/α-hetero) is 1. The third-order valence-electron chi connectivity index (χ3n) is 6.62. The van der Waals surface area contributed by atoms with E-state index >= 15 is 0 Å². The first-order chi connectivity index (χ1) is 18.0. The summed E-state index contributed by atoms with van der Waals surface area (Å²) in [5.41, 5.74) is 1.02. The van der Waals surface area contributed by atoms with Crippen molar-refractivity contribution in [3.8, 4) is 0 Å². The summed E-state index contributed by atoms with van der Waals surface area (Å²) in [5, 5.41) is 2.59. The zero-order valence-corrected chi connectivity index (χ0v) is 22.0. The quantitative estimate of drug-likeness (QED) is 0.384. The Hall–Kier alpha value is -3.38. The van der Waals surface area contributed by atoms with E-state index in [9.17, 15) is 27.6 Å². The highest BCUT2D eigenvalue weighted by atomic mass is 19.4. The summed E-state index contributed by atoms with van der Waals surface area (Å²) in [4.78, 5) is 42.5. The number of urea groups is 1. The molecule has 1 aliphatic rings. The van der Waals surface area contributed by atoms with Gasteiger partial charge < -0.3 is 24.3 Å². The largest absolute Gasteiger partial charge is 0.464 e. The number of nitrogens with one attached hydrogen (secondary N) is 1. The third kappa shape index (κ3) is 6.73. The lowest BCUT2D eigenvalue weighted by Crippen LogP contribution is -2.46. The number of esters is 1. The normalized spacial score (nSPS) is 14.3. The lowest BCUT2D eigenvalue weighted by Gasteiger charge is -2.30. The highest BCUT2D eigenvalue weighted by Gasteiger charge is 2.31. The summed E-state index contributed by atoms with van der Waals surface area (Å²) in [6.07, 6.45) is -4.49. The number of alkyl halides is 3. The van der Waals surface area contributed by atoms with Gasteiger partial charge in [0.2, 0.25) is 0 Å². The number of hydrogen-bond acceptors (Lipinski definition) is 6. The summed E-state index contributed by atoms with van der Waals surface area (Å²) in [6.45, 7) is 8.59. The van der Waals surface area contributed by atoms with Crippen molar-refractivity contribution in [2.75, 3.05) is 58.4 Å². The topological polar surface area (TPSA) is 93.1 Å². The van der Waals surface area contributed by atoms with E-state index in [1.165, 1.54) is 24.1 Å². The number of aromatic nitrogens is 1. The lowest BCUT2D eigenvalue weighted by atomic mass is 10.1. The average molecular weight is 539 g/mol. The number of ketones is 1. The number of carbonyl (C=O) groups is 3. The average Bonchev–Trinajstić information content (AvgIpc) is 3.15. The number of amides is 2. The first kappa shape index (κ1) is 29.2. The van der Waals surface area contributed by atoms with Crippen molar-refractivity contribution in [2.45, 2.75) is 33.5 Å². The molecule has 1 aliphatic heterocycles. The fraction of sp³-hybridized carbons (Fsp3) is 0.500. The molecule has 208 valence electrons. The van der Waals surface area contributed by atoms with Crippen LogP contribution in [-0.4, -0.2) is 85.2 Å². The van der Waals surface area contributed by atoms with E-state index < -0.39 is 23.7 Å². The molecule has 2 amide bonds. The van der Waals surface area contributed by atoms with Crippen molar-refractivity contribution >= 4 is 23.5 Å². The van der Waals surface area contributed by atoms with Crippen LogP contribution in [0.1, 0.15) is 44.6 Å². The Balaban J connectivity index is 1.83. The van der Waals surface area contributed by atoms with Crippen LogP contribution in [0.4, 0.5) is 23.7 Å². The highest BCUT2D eigenvalue weighted by Crippen LogP contribution is 2.30. The zero-order chi connectivity index (χ0) is 28.0. The van der Waals surface area contributed by atoms with Crippen molar-refractivity contribution in [2.24, 2.45) is 0 Å². The number of ether oxygens (including phenoxy) is 2. The molecule has 0 saturated carbocycles. The highest BCUT2D eigenvalue weighted by molar-refractivity contribution is 6.05. The van der Waals surface area contributed by atoms with E-state index in [0.717, 1.165) is 12.1 Å². The van der Waals surface area contributed by atoms with Gasteiger partial charge in [0, 0.05) is 49.7 Å². The Morgan fingerprint density at radius 2 is 1.74 bits per heavy atom. The van der Waals surface area contributed by atoms with Gasteiger partial charge >= 0.3 is 18.2 Å². The van der Waals surface area contributed by atoms with Crippen LogP contribution < -0.4 is 5.32 Å². The monoisotopic (exact) mass is 538 g/mol. The predicted octanol–water partition coefficient (Wildman–Crippen LogP) is 3.98. The molecule has 0 spiro atoms. The van der Waals surface area contributed by atoms with Crippen molar-refractivity contribution in [1.82, 2.24) is 14.4 Å². The standard InChI is InChI=1S/C26H33F3N4O5/c1-5-33-18(3)22(17(2)23(33)24(35)37-4)21(34)16-32(11-10-31-12-14-38-15-13-31)25(36)30-20-8-6-19(7-9-20)26(27,28)29/h6-9H,5,10-16H2,1-4H3,(H,30,36). The molecule has 0 unspecified atom stereocenters. The fourth-order valence-corrected chi connectivity index (χ4v) is 4.60. The summed E-state index contributed by atoms with van der Waals surface area (Å²) in [5.74, 6) is -0.919. The van der Waals surface area contributed by atoms with Crippen molar-refractivity contribution in [3.63, 3.8) is 0 Å². The predicted molar refractivity (Wildman–Crippen MR) is 135 cm³/mol. The SMILES string of the molecule is CCn1c(C)c(C(=O)CN(CCN2CCOCC2)C(=O)Nc2ccc(C(F)(F)F)cc2)c(C)c1C(=O)OC. The molecular weight excluding hydrogens is 505 g/mol. The van der Waals surface area contributed by atoms with Gasteiger partial charge in [-0.05, 0) is 50.6 Å². The Kier molecular flexibility index (Phi) is 9.55. The van der Waals surface area contributed by atoms with E-state index in [2.05, 4.69) is 10.2 Å². The first-order valence-corrected chi connectivity index (χ1v) is 12.3. The molecule has 0 radical (unpaired) electrons. The van der Waals surface area contributed by atoms with E-state index in [-0.39, 0.29) is 30.3 Å². The Labute approximate surface area is 219 Å². The van der Waals surface area contributed by atoms with Crippen LogP contribution in [0.25, 0.3) is 0 Å². The van der Waals surface area contributed by atoms with Gasteiger partial charge in [0.15, 0.2) is 5.78 Å². The summed E-state index contributed by atoms with van der Waals surface area (Å²) < 4.78 is 50.7. The van der Waals surface area contributed by atoms with Gasteiger partial charge in [-0.25, -0.2) is 9.59 Å². The summed E-state index contributed by atoms with van der Waals surface area (Å²) >= 11 is 0. The molecule has 2 heterocycles. The molecule has 12 heteroatoms. The van der Waals surface area contributed by atoms with Gasteiger partial charge in [-0.1, -0.05) is 0 Å². The second-order valence-corrected chi connectivity index (χ2v) is 8.97. The molecular formula is C26H33F3N4O5. The van der Waals surface area contributed by atoms with E-state index in [1.54, 1.807) is 18.4 Å². The minimum atomic E-state index is -4.49. The van der Waals surface area contributed by atoms with Crippen LogP contribution in [0, 0.1) is 13.8 Å². The number of carbonyl (C=O) groups excluding carboxylic acids is 3. The Bertz CT molecular complexity index is 1160. The number of hydrogen-bond donors (Lipinski definition) is 1. The van der Waals surface area contributed by atoms with Crippen LogP contribution in [0.3, 0.4) is 0 Å². The summed E-state index contributed by atoms with van der Waals surface area (Å²) in [6, 6.07) is 3.48. The van der Waals surface area contributed by atoms with Gasteiger partial charge in [0.05, 0.1) is 32.4 Å². The second kappa shape index (κ2) is 12.4. The third-order valence-corrected chi connectivity index (χ3v) is 6.62. The first-order valence-electron chi connectivity index (χ1n) is 12.3. The van der Waals surface area contributed by atoms with Crippen molar-refractivity contribution in [1.29, 1.82) is 0 Å². The van der Waals surface area contributed by atoms with Crippen molar-refractivity contribution < 1.29 is 37.0 Å². The number of methoxy groups -OCH3 is 1. The van der Waals surface area contributed by atoms with Crippen LogP contribution in [0.5, 0.6) is 0 Å². The maximum Gasteiger partial charge on any atom is 0.416 e. The Morgan fingerprint density at radius 1 is 1.11 bits per heavy atom. The van der Waals surface area contributed by atoms with Crippen molar-refractivity contribution in [3.05, 3.63) is 52.3 Å². The lowest BCUT2D eigenvalue weighted by molar-refractivity contribution is -0.137. The number of benzene rings is 1. The second-order valence-electron chi connectivity index (χ2n) is 8.97. The minimum Gasteiger partial charge on any atom is -0.464 e. The van der Waals surface area contributed by atoms with Gasteiger partial charge in [-0.3, -0.25) is 9.69 Å². The van der Waals surface area contributed by atoms with Crippen LogP contribution >= 0.6 is 0 Å². The van der Waals surface area contributed by atoms with Crippen LogP contribution in [0.2, 0.25) is 0 Å². The molecule has 1 aromatic carbocycles. The number of rotatable bonds is 9. The number of nitrogens with zero attached hydrogens (tertiary/aromatic N) is 3. The maximum atomic E-state index is 13.5. The maximum absolute atomic E-state index is 13.5. The zero-order valence-electron chi connectivity index (χ0n) is 22.0. The number of morpholine rings is 1. The molecule has 1 N–H and O–H groups in total. The molecule has 1 fully saturated rings. The molecule has 1 saturated heterocycles. The molecule has 1 aromatic heterocycles. The number of anilines is 1.